The van der Waals surface area contributed by atoms with Crippen LogP contribution in [0.15, 0.2) is 24.5 Å². The van der Waals surface area contributed by atoms with Gasteiger partial charge in [-0.25, -0.2) is 0 Å². The summed E-state index contributed by atoms with van der Waals surface area (Å²) < 4.78 is 6.04. The van der Waals surface area contributed by atoms with Crippen LogP contribution in [0.25, 0.3) is 0 Å². The monoisotopic (exact) mass is 317 g/mol. The molecule has 1 saturated heterocycles. The van der Waals surface area contributed by atoms with Gasteiger partial charge in [-0.1, -0.05) is 0 Å². The average molecular weight is 317 g/mol. The van der Waals surface area contributed by atoms with E-state index in [1.54, 1.807) is 6.92 Å². The third kappa shape index (κ3) is 4.52. The van der Waals surface area contributed by atoms with E-state index in [9.17, 15) is 4.79 Å². The van der Waals surface area contributed by atoms with E-state index in [0.717, 1.165) is 45.1 Å². The first-order valence-corrected chi connectivity index (χ1v) is 8.77. The van der Waals surface area contributed by atoms with Gasteiger partial charge in [-0.3, -0.25) is 9.78 Å². The summed E-state index contributed by atoms with van der Waals surface area (Å²) in [5.41, 5.74) is 1.21. The van der Waals surface area contributed by atoms with Crippen molar-refractivity contribution in [2.45, 2.75) is 69.7 Å². The van der Waals surface area contributed by atoms with Crippen LogP contribution in [-0.4, -0.2) is 35.6 Å². The number of amides is 1. The zero-order valence-corrected chi connectivity index (χ0v) is 13.8. The predicted molar refractivity (Wildman–Crippen MR) is 88.9 cm³/mol. The zero-order valence-electron chi connectivity index (χ0n) is 13.8. The molecule has 1 amide bonds. The molecule has 2 N–H and O–H groups in total. The van der Waals surface area contributed by atoms with Crippen molar-refractivity contribution < 1.29 is 9.53 Å². The molecule has 2 heterocycles. The van der Waals surface area contributed by atoms with Gasteiger partial charge in [-0.15, -0.1) is 0 Å². The van der Waals surface area contributed by atoms with Crippen LogP contribution in [0.2, 0.25) is 0 Å². The molecule has 0 bridgehead atoms. The minimum absolute atomic E-state index is 0.0832. The van der Waals surface area contributed by atoms with E-state index in [2.05, 4.69) is 27.8 Å². The van der Waals surface area contributed by atoms with Crippen molar-refractivity contribution in [3.8, 4) is 0 Å². The summed E-state index contributed by atoms with van der Waals surface area (Å²) in [7, 11) is 0. The molecule has 0 aromatic carbocycles. The Morgan fingerprint density at radius 1 is 1.13 bits per heavy atom. The molecule has 0 unspecified atom stereocenters. The quantitative estimate of drug-likeness (QED) is 0.895. The van der Waals surface area contributed by atoms with Crippen molar-refractivity contribution in [2.24, 2.45) is 0 Å². The van der Waals surface area contributed by atoms with Crippen molar-refractivity contribution in [3.05, 3.63) is 30.1 Å². The van der Waals surface area contributed by atoms with Crippen LogP contribution in [0.1, 0.15) is 57.1 Å². The summed E-state index contributed by atoms with van der Waals surface area (Å²) in [5, 5.41) is 6.86. The molecule has 2 fully saturated rings. The molecule has 5 heteroatoms. The fourth-order valence-electron chi connectivity index (χ4n) is 3.83. The third-order valence-electron chi connectivity index (χ3n) is 4.94. The SMILES string of the molecule is CC(=O)NC1CCC(N[C@H]2CCCO[C@@H]2c2ccncc2)CC1. The Bertz CT molecular complexity index is 500. The highest BCUT2D eigenvalue weighted by molar-refractivity contribution is 5.73. The molecule has 2 aliphatic rings. The van der Waals surface area contributed by atoms with Gasteiger partial charge in [0.05, 0.1) is 6.10 Å². The summed E-state index contributed by atoms with van der Waals surface area (Å²) in [6.07, 6.45) is 10.4. The maximum atomic E-state index is 11.2. The summed E-state index contributed by atoms with van der Waals surface area (Å²) >= 11 is 0. The molecular formula is C18H27N3O2. The Morgan fingerprint density at radius 2 is 1.83 bits per heavy atom. The highest BCUT2D eigenvalue weighted by Gasteiger charge is 2.30. The van der Waals surface area contributed by atoms with Gasteiger partial charge in [-0.2, -0.15) is 0 Å². The first kappa shape index (κ1) is 16.4. The maximum absolute atomic E-state index is 11.2. The molecule has 3 rings (SSSR count). The Hall–Kier alpha value is -1.46. The van der Waals surface area contributed by atoms with Crippen LogP contribution in [0.3, 0.4) is 0 Å². The van der Waals surface area contributed by atoms with E-state index in [0.29, 0.717) is 18.1 Å². The number of pyridine rings is 1. The fourth-order valence-corrected chi connectivity index (χ4v) is 3.83. The van der Waals surface area contributed by atoms with E-state index < -0.39 is 0 Å². The summed E-state index contributed by atoms with van der Waals surface area (Å²) in [6, 6.07) is 5.35. The number of nitrogens with zero attached hydrogens (tertiary/aromatic N) is 1. The lowest BCUT2D eigenvalue weighted by molar-refractivity contribution is -0.119. The molecule has 2 atom stereocenters. The summed E-state index contributed by atoms with van der Waals surface area (Å²) in [6.45, 7) is 2.43. The van der Waals surface area contributed by atoms with Crippen molar-refractivity contribution >= 4 is 5.91 Å². The molecule has 0 spiro atoms. The van der Waals surface area contributed by atoms with E-state index in [-0.39, 0.29) is 12.0 Å². The van der Waals surface area contributed by atoms with Crippen molar-refractivity contribution in [1.82, 2.24) is 15.6 Å². The lowest BCUT2D eigenvalue weighted by Crippen LogP contribution is -2.48. The lowest BCUT2D eigenvalue weighted by atomic mass is 9.88. The first-order valence-electron chi connectivity index (χ1n) is 8.77. The van der Waals surface area contributed by atoms with Crippen molar-refractivity contribution in [1.29, 1.82) is 0 Å². The number of hydrogen-bond acceptors (Lipinski definition) is 4. The van der Waals surface area contributed by atoms with Crippen LogP contribution in [0, 0.1) is 0 Å². The molecule has 1 saturated carbocycles. The number of nitrogens with one attached hydrogen (secondary N) is 2. The van der Waals surface area contributed by atoms with Gasteiger partial charge >= 0.3 is 0 Å². The molecular weight excluding hydrogens is 290 g/mol. The lowest BCUT2D eigenvalue weighted by Gasteiger charge is -2.38. The second-order valence-electron chi connectivity index (χ2n) is 6.74. The zero-order chi connectivity index (χ0) is 16.1. The van der Waals surface area contributed by atoms with Crippen LogP contribution >= 0.6 is 0 Å². The molecule has 1 aliphatic heterocycles. The van der Waals surface area contributed by atoms with Crippen LogP contribution < -0.4 is 10.6 Å². The van der Waals surface area contributed by atoms with E-state index >= 15 is 0 Å². The molecule has 1 aromatic heterocycles. The number of carbonyl (C=O) groups excluding carboxylic acids is 1. The Morgan fingerprint density at radius 3 is 2.52 bits per heavy atom. The normalized spacial score (nSPS) is 31.5. The molecule has 126 valence electrons. The van der Waals surface area contributed by atoms with Gasteiger partial charge in [0, 0.05) is 44.0 Å². The second kappa shape index (κ2) is 7.88. The Balaban J connectivity index is 1.55. The first-order chi connectivity index (χ1) is 11.2. The van der Waals surface area contributed by atoms with E-state index in [4.69, 9.17) is 4.74 Å². The molecule has 1 aromatic rings. The fraction of sp³-hybridized carbons (Fsp3) is 0.667. The highest BCUT2D eigenvalue weighted by Crippen LogP contribution is 2.30. The standard InChI is InChI=1S/C18H27N3O2/c1-13(22)20-15-4-6-16(7-5-15)21-17-3-2-12-23-18(17)14-8-10-19-11-9-14/h8-11,15-18,21H,2-7,12H2,1H3,(H,20,22)/t15?,16?,17-,18+/m0/s1. The van der Waals surface area contributed by atoms with Gasteiger partial charge in [0.1, 0.15) is 0 Å². The third-order valence-corrected chi connectivity index (χ3v) is 4.94. The highest BCUT2D eigenvalue weighted by atomic mass is 16.5. The number of aromatic nitrogens is 1. The smallest absolute Gasteiger partial charge is 0.217 e. The molecule has 1 aliphatic carbocycles. The maximum Gasteiger partial charge on any atom is 0.217 e. The summed E-state index contributed by atoms with van der Waals surface area (Å²) in [5.74, 6) is 0.0832. The van der Waals surface area contributed by atoms with Gasteiger partial charge in [0.15, 0.2) is 0 Å². The van der Waals surface area contributed by atoms with Gasteiger partial charge in [0.25, 0.3) is 0 Å². The van der Waals surface area contributed by atoms with Crippen LogP contribution in [0.4, 0.5) is 0 Å². The molecule has 0 radical (unpaired) electrons. The number of hydrogen-bond donors (Lipinski definition) is 2. The number of ether oxygens (including phenoxy) is 1. The topological polar surface area (TPSA) is 63.2 Å². The van der Waals surface area contributed by atoms with Gasteiger partial charge in [-0.05, 0) is 56.2 Å². The number of carbonyl (C=O) groups is 1. The van der Waals surface area contributed by atoms with Crippen LogP contribution in [0.5, 0.6) is 0 Å². The average Bonchev–Trinajstić information content (AvgIpc) is 2.57. The second-order valence-corrected chi connectivity index (χ2v) is 6.74. The predicted octanol–water partition coefficient (Wildman–Crippen LogP) is 2.34. The Kier molecular flexibility index (Phi) is 5.62. The largest absolute Gasteiger partial charge is 0.372 e. The van der Waals surface area contributed by atoms with Crippen molar-refractivity contribution in [2.75, 3.05) is 6.61 Å². The molecule has 23 heavy (non-hydrogen) atoms. The summed E-state index contributed by atoms with van der Waals surface area (Å²) in [4.78, 5) is 15.3. The van der Waals surface area contributed by atoms with E-state index in [1.807, 2.05) is 12.4 Å². The minimum Gasteiger partial charge on any atom is -0.372 e. The number of rotatable bonds is 4. The minimum atomic E-state index is 0.0832. The van der Waals surface area contributed by atoms with Crippen LogP contribution in [-0.2, 0) is 9.53 Å². The van der Waals surface area contributed by atoms with Crippen molar-refractivity contribution in [3.63, 3.8) is 0 Å². The Labute approximate surface area is 138 Å². The molecule has 5 nitrogen and oxygen atoms in total. The van der Waals surface area contributed by atoms with Gasteiger partial charge < -0.3 is 15.4 Å². The van der Waals surface area contributed by atoms with Gasteiger partial charge in [0.2, 0.25) is 5.91 Å². The van der Waals surface area contributed by atoms with E-state index in [1.165, 1.54) is 5.56 Å².